The van der Waals surface area contributed by atoms with E-state index in [2.05, 4.69) is 20.2 Å². The Kier molecular flexibility index (Phi) is 5.16. The summed E-state index contributed by atoms with van der Waals surface area (Å²) in [6.07, 6.45) is 2.35. The minimum absolute atomic E-state index is 0.0458. The second-order valence-electron chi connectivity index (χ2n) is 6.41. The summed E-state index contributed by atoms with van der Waals surface area (Å²) in [6.45, 7) is 7.74. The van der Waals surface area contributed by atoms with Crippen molar-refractivity contribution in [2.75, 3.05) is 29.9 Å². The minimum atomic E-state index is -0.218. The molecule has 6 heteroatoms. The van der Waals surface area contributed by atoms with E-state index in [0.717, 1.165) is 36.0 Å². The first-order valence-electron chi connectivity index (χ1n) is 8.62. The van der Waals surface area contributed by atoms with Gasteiger partial charge in [-0.1, -0.05) is 17.7 Å². The van der Waals surface area contributed by atoms with Crippen LogP contribution >= 0.6 is 0 Å². The van der Waals surface area contributed by atoms with Crippen LogP contribution in [-0.4, -0.2) is 35.6 Å². The Morgan fingerprint density at radius 1 is 1.08 bits per heavy atom. The number of amides is 1. The van der Waals surface area contributed by atoms with E-state index in [1.807, 2.05) is 45.0 Å². The van der Waals surface area contributed by atoms with Gasteiger partial charge in [0.2, 0.25) is 5.95 Å². The molecule has 1 aromatic carbocycles. The highest BCUT2D eigenvalue weighted by molar-refractivity contribution is 5.93. The highest BCUT2D eigenvalue weighted by Gasteiger charge is 2.18. The molecule has 3 rings (SSSR count). The van der Waals surface area contributed by atoms with Crippen LogP contribution in [-0.2, 0) is 4.79 Å². The lowest BCUT2D eigenvalue weighted by atomic mass is 10.2. The molecular formula is C19H24N4O2. The first kappa shape index (κ1) is 17.2. The van der Waals surface area contributed by atoms with Gasteiger partial charge in [-0.3, -0.25) is 4.79 Å². The zero-order valence-corrected chi connectivity index (χ0v) is 15.0. The molecule has 0 saturated carbocycles. The third-order valence-corrected chi connectivity index (χ3v) is 4.30. The number of rotatable bonds is 5. The fourth-order valence-electron chi connectivity index (χ4n) is 2.90. The van der Waals surface area contributed by atoms with Gasteiger partial charge in [0.25, 0.3) is 5.91 Å². The van der Waals surface area contributed by atoms with Crippen molar-refractivity contribution in [1.29, 1.82) is 0 Å². The number of nitrogens with zero attached hydrogens (tertiary/aromatic N) is 3. The maximum atomic E-state index is 12.2. The lowest BCUT2D eigenvalue weighted by molar-refractivity contribution is -0.118. The average molecular weight is 340 g/mol. The molecule has 0 radical (unpaired) electrons. The average Bonchev–Trinajstić information content (AvgIpc) is 3.12. The van der Waals surface area contributed by atoms with Crippen LogP contribution in [0.4, 0.5) is 11.6 Å². The molecule has 0 bridgehead atoms. The Morgan fingerprint density at radius 3 is 2.28 bits per heavy atom. The number of ether oxygens (including phenoxy) is 1. The summed E-state index contributed by atoms with van der Waals surface area (Å²) >= 11 is 0. The maximum Gasteiger partial charge on any atom is 0.262 e. The van der Waals surface area contributed by atoms with Crippen molar-refractivity contribution in [3.63, 3.8) is 0 Å². The van der Waals surface area contributed by atoms with Crippen molar-refractivity contribution in [3.05, 3.63) is 41.2 Å². The Bertz CT molecular complexity index is 730. The number of aromatic nitrogens is 2. The van der Waals surface area contributed by atoms with Gasteiger partial charge in [0.1, 0.15) is 5.75 Å². The Balaban J connectivity index is 1.63. The standard InChI is InChI=1S/C19H24N4O2/c1-13-6-8-16(9-7-13)25-12-17(24)22-18-14(2)20-19(21-15(18)3)23-10-4-5-11-23/h6-9H,4-5,10-12H2,1-3H3,(H,22,24). The second-order valence-corrected chi connectivity index (χ2v) is 6.41. The predicted molar refractivity (Wildman–Crippen MR) is 98.3 cm³/mol. The molecular weight excluding hydrogens is 316 g/mol. The van der Waals surface area contributed by atoms with Crippen molar-refractivity contribution in [2.45, 2.75) is 33.6 Å². The molecule has 0 unspecified atom stereocenters. The van der Waals surface area contributed by atoms with Gasteiger partial charge in [0.15, 0.2) is 6.61 Å². The molecule has 1 amide bonds. The summed E-state index contributed by atoms with van der Waals surface area (Å²) in [4.78, 5) is 23.5. The summed E-state index contributed by atoms with van der Waals surface area (Å²) in [5, 5.41) is 2.87. The number of benzene rings is 1. The molecule has 6 nitrogen and oxygen atoms in total. The molecule has 2 aromatic rings. The number of hydrogen-bond donors (Lipinski definition) is 1. The maximum absolute atomic E-state index is 12.2. The highest BCUT2D eigenvalue weighted by Crippen LogP contribution is 2.22. The van der Waals surface area contributed by atoms with Gasteiger partial charge in [0.05, 0.1) is 17.1 Å². The van der Waals surface area contributed by atoms with Gasteiger partial charge in [-0.05, 0) is 45.7 Å². The lowest BCUT2D eigenvalue weighted by Gasteiger charge is -2.18. The Morgan fingerprint density at radius 2 is 1.68 bits per heavy atom. The molecule has 25 heavy (non-hydrogen) atoms. The number of nitrogens with one attached hydrogen (secondary N) is 1. The fraction of sp³-hybridized carbons (Fsp3) is 0.421. The van der Waals surface area contributed by atoms with Crippen LogP contribution < -0.4 is 15.0 Å². The molecule has 2 heterocycles. The van der Waals surface area contributed by atoms with Crippen LogP contribution in [0.2, 0.25) is 0 Å². The summed E-state index contributed by atoms with van der Waals surface area (Å²) in [6, 6.07) is 7.61. The van der Waals surface area contributed by atoms with Crippen molar-refractivity contribution in [3.8, 4) is 5.75 Å². The van der Waals surface area contributed by atoms with Crippen LogP contribution in [0.5, 0.6) is 5.75 Å². The third-order valence-electron chi connectivity index (χ3n) is 4.30. The van der Waals surface area contributed by atoms with Gasteiger partial charge < -0.3 is 15.0 Å². The highest BCUT2D eigenvalue weighted by atomic mass is 16.5. The molecule has 1 aliphatic rings. The summed E-state index contributed by atoms with van der Waals surface area (Å²) in [7, 11) is 0. The number of aryl methyl sites for hydroxylation is 3. The van der Waals surface area contributed by atoms with Crippen LogP contribution in [0.3, 0.4) is 0 Å². The van der Waals surface area contributed by atoms with E-state index in [1.165, 1.54) is 12.8 Å². The topological polar surface area (TPSA) is 67.3 Å². The lowest BCUT2D eigenvalue weighted by Crippen LogP contribution is -2.24. The molecule has 1 aliphatic heterocycles. The molecule has 1 aromatic heterocycles. The van der Waals surface area contributed by atoms with E-state index in [9.17, 15) is 4.79 Å². The third kappa shape index (κ3) is 4.26. The van der Waals surface area contributed by atoms with E-state index >= 15 is 0 Å². The van der Waals surface area contributed by atoms with Crippen LogP contribution in [0.1, 0.15) is 29.8 Å². The van der Waals surface area contributed by atoms with Gasteiger partial charge in [-0.15, -0.1) is 0 Å². The Labute approximate surface area is 148 Å². The molecule has 1 saturated heterocycles. The molecule has 0 aliphatic carbocycles. The Hall–Kier alpha value is -2.63. The zero-order valence-electron chi connectivity index (χ0n) is 15.0. The predicted octanol–water partition coefficient (Wildman–Crippen LogP) is 3.02. The molecule has 132 valence electrons. The van der Waals surface area contributed by atoms with Crippen molar-refractivity contribution in [2.24, 2.45) is 0 Å². The molecule has 1 fully saturated rings. The number of carbonyl (C=O) groups excluding carboxylic acids is 1. The van der Waals surface area contributed by atoms with Gasteiger partial charge in [-0.25, -0.2) is 9.97 Å². The first-order valence-corrected chi connectivity index (χ1v) is 8.62. The number of carbonyl (C=O) groups is 1. The second kappa shape index (κ2) is 7.51. The van der Waals surface area contributed by atoms with Crippen molar-refractivity contribution in [1.82, 2.24) is 9.97 Å². The summed E-state index contributed by atoms with van der Waals surface area (Å²) in [5.74, 6) is 1.21. The SMILES string of the molecule is Cc1ccc(OCC(=O)Nc2c(C)nc(N3CCCC3)nc2C)cc1. The van der Waals surface area contributed by atoms with E-state index in [0.29, 0.717) is 11.4 Å². The van der Waals surface area contributed by atoms with Gasteiger partial charge in [-0.2, -0.15) is 0 Å². The normalized spacial score (nSPS) is 13.8. The number of hydrogen-bond acceptors (Lipinski definition) is 5. The summed E-state index contributed by atoms with van der Waals surface area (Å²) < 4.78 is 5.52. The van der Waals surface area contributed by atoms with Crippen molar-refractivity contribution >= 4 is 17.5 Å². The van der Waals surface area contributed by atoms with Crippen LogP contribution in [0, 0.1) is 20.8 Å². The molecule has 0 spiro atoms. The minimum Gasteiger partial charge on any atom is -0.484 e. The molecule has 1 N–H and O–H groups in total. The monoisotopic (exact) mass is 340 g/mol. The summed E-state index contributed by atoms with van der Waals surface area (Å²) in [5.41, 5.74) is 3.37. The zero-order chi connectivity index (χ0) is 17.8. The van der Waals surface area contributed by atoms with E-state index < -0.39 is 0 Å². The van der Waals surface area contributed by atoms with Gasteiger partial charge >= 0.3 is 0 Å². The van der Waals surface area contributed by atoms with Gasteiger partial charge in [0, 0.05) is 13.1 Å². The number of anilines is 2. The van der Waals surface area contributed by atoms with E-state index in [1.54, 1.807) is 0 Å². The molecule has 0 atom stereocenters. The van der Waals surface area contributed by atoms with E-state index in [4.69, 9.17) is 4.74 Å². The quantitative estimate of drug-likeness (QED) is 0.906. The van der Waals surface area contributed by atoms with Crippen LogP contribution in [0.15, 0.2) is 24.3 Å². The van der Waals surface area contributed by atoms with E-state index in [-0.39, 0.29) is 12.5 Å². The smallest absolute Gasteiger partial charge is 0.262 e. The van der Waals surface area contributed by atoms with Crippen LogP contribution in [0.25, 0.3) is 0 Å². The first-order chi connectivity index (χ1) is 12.0. The fourth-order valence-corrected chi connectivity index (χ4v) is 2.90. The van der Waals surface area contributed by atoms with Crippen molar-refractivity contribution < 1.29 is 9.53 Å². The largest absolute Gasteiger partial charge is 0.484 e.